The molecular weight excluding hydrogens is 414 g/mol. The third-order valence-electron chi connectivity index (χ3n) is 5.34. The number of rotatable bonds is 5. The predicted octanol–water partition coefficient (Wildman–Crippen LogP) is 5.60. The van der Waals surface area contributed by atoms with Crippen molar-refractivity contribution in [1.29, 1.82) is 0 Å². The van der Waals surface area contributed by atoms with Gasteiger partial charge in [-0.15, -0.1) is 0 Å². The van der Waals surface area contributed by atoms with Gasteiger partial charge in [0, 0.05) is 5.56 Å². The lowest BCUT2D eigenvalue weighted by Crippen LogP contribution is -2.21. The summed E-state index contributed by atoms with van der Waals surface area (Å²) in [4.78, 5) is 25.2. The monoisotopic (exact) mass is 433 g/mol. The number of para-hydroxylation sites is 1. The van der Waals surface area contributed by atoms with Gasteiger partial charge >= 0.3 is 0 Å². The van der Waals surface area contributed by atoms with Crippen molar-refractivity contribution in [2.24, 2.45) is 5.10 Å². The second kappa shape index (κ2) is 8.80. The van der Waals surface area contributed by atoms with Gasteiger partial charge in [0.1, 0.15) is 0 Å². The lowest BCUT2D eigenvalue weighted by Gasteiger charge is -2.10. The summed E-state index contributed by atoms with van der Waals surface area (Å²) < 4.78 is 5.12. The van der Waals surface area contributed by atoms with Gasteiger partial charge in [-0.3, -0.25) is 9.59 Å². The molecule has 0 spiro atoms. The van der Waals surface area contributed by atoms with Crippen LogP contribution in [0.2, 0.25) is 0 Å². The third-order valence-corrected chi connectivity index (χ3v) is 5.34. The van der Waals surface area contributed by atoms with Crippen LogP contribution in [0.3, 0.4) is 0 Å². The van der Waals surface area contributed by atoms with Gasteiger partial charge in [-0.05, 0) is 51.9 Å². The zero-order valence-corrected chi connectivity index (χ0v) is 17.5. The molecule has 0 aliphatic rings. The second-order valence-corrected chi connectivity index (χ2v) is 7.41. The number of nitrogens with one attached hydrogen (secondary N) is 2. The van der Waals surface area contributed by atoms with Crippen LogP contribution in [0.25, 0.3) is 21.5 Å². The molecule has 0 aliphatic heterocycles. The molecule has 0 bridgehead atoms. The van der Waals surface area contributed by atoms with Crippen molar-refractivity contribution < 1.29 is 14.0 Å². The highest BCUT2D eigenvalue weighted by Gasteiger charge is 2.15. The van der Waals surface area contributed by atoms with Gasteiger partial charge in [-0.1, -0.05) is 60.7 Å². The van der Waals surface area contributed by atoms with Crippen LogP contribution in [-0.2, 0) is 0 Å². The van der Waals surface area contributed by atoms with Crippen LogP contribution in [-0.4, -0.2) is 18.0 Å². The van der Waals surface area contributed by atoms with Gasteiger partial charge in [0.25, 0.3) is 11.8 Å². The van der Waals surface area contributed by atoms with E-state index in [4.69, 9.17) is 4.42 Å². The number of carbonyl (C=O) groups is 2. The molecule has 6 heteroatoms. The first-order valence-electron chi connectivity index (χ1n) is 10.4. The molecule has 160 valence electrons. The van der Waals surface area contributed by atoms with Gasteiger partial charge in [0.05, 0.1) is 23.7 Å². The number of hydrazone groups is 1. The summed E-state index contributed by atoms with van der Waals surface area (Å²) in [5.74, 6) is -0.719. The Balaban J connectivity index is 1.42. The number of fused-ring (bicyclic) bond motifs is 2. The molecule has 0 aliphatic carbocycles. The van der Waals surface area contributed by atoms with Crippen molar-refractivity contribution in [1.82, 2.24) is 5.43 Å². The number of hydrogen-bond acceptors (Lipinski definition) is 4. The first kappa shape index (κ1) is 20.2. The molecule has 0 saturated heterocycles. The minimum Gasteiger partial charge on any atom is -0.459 e. The number of benzene rings is 4. The first-order chi connectivity index (χ1) is 16.2. The zero-order valence-electron chi connectivity index (χ0n) is 17.5. The van der Waals surface area contributed by atoms with E-state index in [0.717, 1.165) is 27.1 Å². The van der Waals surface area contributed by atoms with E-state index in [1.165, 1.54) is 6.26 Å². The normalized spacial score (nSPS) is 11.2. The quantitative estimate of drug-likeness (QED) is 0.215. The Labute approximate surface area is 189 Å². The molecule has 2 amide bonds. The number of carbonyl (C=O) groups excluding carboxylic acids is 2. The highest BCUT2D eigenvalue weighted by molar-refractivity contribution is 6.14. The number of furan rings is 1. The van der Waals surface area contributed by atoms with E-state index in [9.17, 15) is 9.59 Å². The van der Waals surface area contributed by atoms with E-state index in [1.807, 2.05) is 36.4 Å². The van der Waals surface area contributed by atoms with Crippen LogP contribution in [0.5, 0.6) is 0 Å². The van der Waals surface area contributed by atoms with Crippen molar-refractivity contribution in [2.45, 2.75) is 0 Å². The second-order valence-electron chi connectivity index (χ2n) is 7.41. The van der Waals surface area contributed by atoms with Crippen LogP contribution >= 0.6 is 0 Å². The molecule has 6 nitrogen and oxygen atoms in total. The SMILES string of the molecule is O=C(Nc1ccccc1C(=O)N/N=C\c1c2ccccc2cc2ccccc12)c1ccco1. The number of nitrogens with zero attached hydrogens (tertiary/aromatic N) is 1. The molecule has 1 heterocycles. The molecule has 0 saturated carbocycles. The smallest absolute Gasteiger partial charge is 0.291 e. The molecule has 0 unspecified atom stereocenters. The van der Waals surface area contributed by atoms with Crippen molar-refractivity contribution in [2.75, 3.05) is 5.32 Å². The largest absolute Gasteiger partial charge is 0.459 e. The summed E-state index contributed by atoms with van der Waals surface area (Å²) in [6.07, 6.45) is 3.08. The van der Waals surface area contributed by atoms with Crippen molar-refractivity contribution >= 4 is 45.3 Å². The van der Waals surface area contributed by atoms with E-state index >= 15 is 0 Å². The van der Waals surface area contributed by atoms with Gasteiger partial charge < -0.3 is 9.73 Å². The van der Waals surface area contributed by atoms with E-state index in [1.54, 1.807) is 42.6 Å². The highest BCUT2D eigenvalue weighted by Crippen LogP contribution is 2.27. The van der Waals surface area contributed by atoms with Crippen LogP contribution in [0.4, 0.5) is 5.69 Å². The molecule has 33 heavy (non-hydrogen) atoms. The summed E-state index contributed by atoms with van der Waals surface area (Å²) in [6, 6.07) is 28.2. The topological polar surface area (TPSA) is 83.7 Å². The molecule has 5 aromatic rings. The predicted molar refractivity (Wildman–Crippen MR) is 130 cm³/mol. The lowest BCUT2D eigenvalue weighted by molar-refractivity contribution is 0.0956. The summed E-state index contributed by atoms with van der Waals surface area (Å²) >= 11 is 0. The first-order valence-corrected chi connectivity index (χ1v) is 10.4. The summed E-state index contributed by atoms with van der Waals surface area (Å²) in [5, 5.41) is 11.2. The van der Waals surface area contributed by atoms with Gasteiger partial charge in [-0.25, -0.2) is 5.43 Å². The fourth-order valence-corrected chi connectivity index (χ4v) is 3.79. The molecule has 1 aromatic heterocycles. The van der Waals surface area contributed by atoms with Crippen LogP contribution in [0.15, 0.2) is 107 Å². The number of anilines is 1. The Bertz CT molecular complexity index is 1450. The maximum atomic E-state index is 12.9. The zero-order chi connectivity index (χ0) is 22.6. The molecular formula is C27H19N3O3. The van der Waals surface area contributed by atoms with Crippen LogP contribution in [0, 0.1) is 0 Å². The Morgan fingerprint density at radius 3 is 2.12 bits per heavy atom. The fraction of sp³-hybridized carbons (Fsp3) is 0. The summed E-state index contributed by atoms with van der Waals surface area (Å²) in [5.41, 5.74) is 4.15. The average molecular weight is 433 g/mol. The standard InChI is InChI=1S/C27H19N3O3/c31-26(22-12-5-6-13-24(22)29-27(32)25-14-7-15-33-25)30-28-17-23-20-10-3-1-8-18(20)16-19-9-2-4-11-21(19)23/h1-17H,(H,29,32)(H,30,31)/b28-17-. The van der Waals surface area contributed by atoms with Crippen molar-refractivity contribution in [3.8, 4) is 0 Å². The van der Waals surface area contributed by atoms with Crippen molar-refractivity contribution in [3.63, 3.8) is 0 Å². The van der Waals surface area contributed by atoms with Gasteiger partial charge in [0.2, 0.25) is 0 Å². The molecule has 2 N–H and O–H groups in total. The highest BCUT2D eigenvalue weighted by atomic mass is 16.3. The van der Waals surface area contributed by atoms with E-state index in [0.29, 0.717) is 5.69 Å². The van der Waals surface area contributed by atoms with E-state index in [2.05, 4.69) is 34.0 Å². The van der Waals surface area contributed by atoms with Crippen LogP contribution < -0.4 is 10.7 Å². The van der Waals surface area contributed by atoms with Crippen LogP contribution in [0.1, 0.15) is 26.5 Å². The molecule has 0 fully saturated rings. The fourth-order valence-electron chi connectivity index (χ4n) is 3.79. The molecule has 5 rings (SSSR count). The Kier molecular flexibility index (Phi) is 5.39. The van der Waals surface area contributed by atoms with E-state index < -0.39 is 11.8 Å². The lowest BCUT2D eigenvalue weighted by atomic mass is 9.97. The average Bonchev–Trinajstić information content (AvgIpc) is 3.39. The Hall–Kier alpha value is -4.71. The minimum absolute atomic E-state index is 0.158. The minimum atomic E-state index is -0.439. The Morgan fingerprint density at radius 1 is 0.758 bits per heavy atom. The molecule has 0 atom stereocenters. The Morgan fingerprint density at radius 2 is 1.42 bits per heavy atom. The van der Waals surface area contributed by atoms with Gasteiger partial charge in [0.15, 0.2) is 5.76 Å². The van der Waals surface area contributed by atoms with Crippen molar-refractivity contribution in [3.05, 3.63) is 114 Å². The number of amides is 2. The summed E-state index contributed by atoms with van der Waals surface area (Å²) in [7, 11) is 0. The maximum absolute atomic E-state index is 12.9. The number of hydrogen-bond donors (Lipinski definition) is 2. The molecule has 0 radical (unpaired) electrons. The molecule has 4 aromatic carbocycles. The van der Waals surface area contributed by atoms with Gasteiger partial charge in [-0.2, -0.15) is 5.10 Å². The summed E-state index contributed by atoms with van der Waals surface area (Å²) in [6.45, 7) is 0. The maximum Gasteiger partial charge on any atom is 0.291 e. The third kappa shape index (κ3) is 4.09. The van der Waals surface area contributed by atoms with E-state index in [-0.39, 0.29) is 11.3 Å².